The average Bonchev–Trinajstić information content (AvgIpc) is 3.22. The number of hydrogen-bond donors (Lipinski definition) is 1. The highest BCUT2D eigenvalue weighted by molar-refractivity contribution is 7.54. The van der Waals surface area contributed by atoms with E-state index in [2.05, 4.69) is 5.32 Å². The molecule has 0 radical (unpaired) electrons. The fraction of sp³-hybridized carbons (Fsp3) is 0.231. The lowest BCUT2D eigenvalue weighted by atomic mass is 10.0. The Kier molecular flexibility index (Phi) is 7.37. The third-order valence-electron chi connectivity index (χ3n) is 5.32. The molecular formula is C26H27FNO5P. The van der Waals surface area contributed by atoms with Crippen molar-refractivity contribution < 1.29 is 27.2 Å². The van der Waals surface area contributed by atoms with Crippen LogP contribution < -0.4 is 10.1 Å². The zero-order valence-electron chi connectivity index (χ0n) is 19.3. The maximum absolute atomic E-state index is 14.1. The first-order valence-corrected chi connectivity index (χ1v) is 12.7. The molecule has 4 rings (SSSR count). The minimum Gasteiger partial charge on any atom is -0.497 e. The van der Waals surface area contributed by atoms with Gasteiger partial charge in [-0.3, -0.25) is 4.57 Å². The largest absolute Gasteiger partial charge is 0.497 e. The Balaban J connectivity index is 1.97. The van der Waals surface area contributed by atoms with E-state index in [-0.39, 0.29) is 19.0 Å². The molecule has 34 heavy (non-hydrogen) atoms. The van der Waals surface area contributed by atoms with Gasteiger partial charge >= 0.3 is 7.60 Å². The van der Waals surface area contributed by atoms with Gasteiger partial charge in [-0.25, -0.2) is 4.39 Å². The molecule has 8 heteroatoms. The highest BCUT2D eigenvalue weighted by atomic mass is 31.2. The lowest BCUT2D eigenvalue weighted by molar-refractivity contribution is 0.212. The first-order valence-electron chi connectivity index (χ1n) is 11.1. The Labute approximate surface area is 198 Å². The molecule has 1 unspecified atom stereocenters. The summed E-state index contributed by atoms with van der Waals surface area (Å²) in [5.74, 6) is -0.343. The predicted octanol–water partition coefficient (Wildman–Crippen LogP) is 7.62. The first kappa shape index (κ1) is 24.0. The molecule has 0 saturated carbocycles. The molecule has 0 fully saturated rings. The van der Waals surface area contributed by atoms with Crippen molar-refractivity contribution >= 4 is 24.3 Å². The average molecular weight is 483 g/mol. The smallest absolute Gasteiger partial charge is 0.360 e. The second kappa shape index (κ2) is 10.4. The topological polar surface area (TPSA) is 69.9 Å². The van der Waals surface area contributed by atoms with Gasteiger partial charge in [0.25, 0.3) is 0 Å². The molecule has 1 aromatic heterocycles. The fourth-order valence-corrected chi connectivity index (χ4v) is 5.73. The third-order valence-corrected chi connectivity index (χ3v) is 7.55. The van der Waals surface area contributed by atoms with Crippen molar-refractivity contribution in [3.05, 3.63) is 84.4 Å². The third kappa shape index (κ3) is 4.87. The molecule has 0 aliphatic carbocycles. The number of furan rings is 1. The summed E-state index contributed by atoms with van der Waals surface area (Å²) in [6.45, 7) is 3.85. The Bertz CT molecular complexity index is 1280. The van der Waals surface area contributed by atoms with Crippen molar-refractivity contribution in [2.24, 2.45) is 0 Å². The molecule has 1 heterocycles. The van der Waals surface area contributed by atoms with E-state index in [9.17, 15) is 8.96 Å². The highest BCUT2D eigenvalue weighted by Gasteiger charge is 2.41. The van der Waals surface area contributed by atoms with Crippen molar-refractivity contribution in [2.45, 2.75) is 19.6 Å². The lowest BCUT2D eigenvalue weighted by Crippen LogP contribution is -2.15. The second-order valence-corrected chi connectivity index (χ2v) is 9.61. The Morgan fingerprint density at radius 3 is 2.26 bits per heavy atom. The number of anilines is 1. The molecular weight excluding hydrogens is 456 g/mol. The van der Waals surface area contributed by atoms with Crippen molar-refractivity contribution in [1.82, 2.24) is 0 Å². The van der Waals surface area contributed by atoms with Crippen molar-refractivity contribution in [2.75, 3.05) is 25.6 Å². The molecule has 0 aliphatic rings. The van der Waals surface area contributed by atoms with Gasteiger partial charge < -0.3 is 23.5 Å². The standard InChI is InChI=1S/C26H27FNO5P/c1-4-31-34(29,32-5-2)26(28-20-13-11-19(27)12-14-20)25-24(18-9-7-6-8-10-18)22-16-15-21(30-3)17-23(22)33-25/h6-17,26,28H,4-5H2,1-3H3. The molecule has 3 aromatic carbocycles. The Morgan fingerprint density at radius 2 is 1.65 bits per heavy atom. The molecule has 0 saturated heterocycles. The van der Waals surface area contributed by atoms with Gasteiger partial charge in [0.2, 0.25) is 0 Å². The molecule has 0 spiro atoms. The summed E-state index contributed by atoms with van der Waals surface area (Å²) in [6, 6.07) is 21.0. The summed E-state index contributed by atoms with van der Waals surface area (Å²) in [5, 5.41) is 4.05. The number of rotatable bonds is 10. The number of benzene rings is 3. The molecule has 4 aromatic rings. The maximum atomic E-state index is 14.1. The zero-order chi connectivity index (χ0) is 24.1. The molecule has 1 N–H and O–H groups in total. The van der Waals surface area contributed by atoms with E-state index < -0.39 is 13.4 Å². The molecule has 0 aliphatic heterocycles. The SMILES string of the molecule is CCOP(=O)(OCC)C(Nc1ccc(F)cc1)c1oc2cc(OC)ccc2c1-c1ccccc1. The quantitative estimate of drug-likeness (QED) is 0.234. The van der Waals surface area contributed by atoms with Crippen LogP contribution in [0, 0.1) is 5.82 Å². The van der Waals surface area contributed by atoms with E-state index in [1.807, 2.05) is 42.5 Å². The van der Waals surface area contributed by atoms with E-state index in [0.717, 1.165) is 16.5 Å². The van der Waals surface area contributed by atoms with Crippen LogP contribution in [0.5, 0.6) is 5.75 Å². The fourth-order valence-electron chi connectivity index (χ4n) is 3.86. The van der Waals surface area contributed by atoms with Crippen LogP contribution in [0.1, 0.15) is 25.4 Å². The summed E-state index contributed by atoms with van der Waals surface area (Å²) < 4.78 is 50.8. The summed E-state index contributed by atoms with van der Waals surface area (Å²) in [7, 11) is -2.20. The van der Waals surface area contributed by atoms with Gasteiger partial charge in [0.05, 0.1) is 20.3 Å². The van der Waals surface area contributed by atoms with E-state index >= 15 is 0 Å². The van der Waals surface area contributed by atoms with Gasteiger partial charge in [-0.15, -0.1) is 0 Å². The normalized spacial score (nSPS) is 12.6. The van der Waals surface area contributed by atoms with Crippen LogP contribution in [-0.2, 0) is 13.6 Å². The van der Waals surface area contributed by atoms with Crippen LogP contribution in [0.2, 0.25) is 0 Å². The van der Waals surface area contributed by atoms with E-state index in [1.165, 1.54) is 12.1 Å². The highest BCUT2D eigenvalue weighted by Crippen LogP contribution is 2.63. The van der Waals surface area contributed by atoms with E-state index in [0.29, 0.717) is 22.8 Å². The van der Waals surface area contributed by atoms with Crippen LogP contribution >= 0.6 is 7.60 Å². The van der Waals surface area contributed by atoms with Crippen molar-refractivity contribution in [3.63, 3.8) is 0 Å². The van der Waals surface area contributed by atoms with Gasteiger partial charge in [-0.05, 0) is 55.8 Å². The maximum Gasteiger partial charge on any atom is 0.360 e. The summed E-state index contributed by atoms with van der Waals surface area (Å²) in [6.07, 6.45) is 0. The molecule has 0 amide bonds. The van der Waals surface area contributed by atoms with Crippen molar-refractivity contribution in [3.8, 4) is 16.9 Å². The monoisotopic (exact) mass is 483 g/mol. The number of methoxy groups -OCH3 is 1. The van der Waals surface area contributed by atoms with Gasteiger partial charge in [0.15, 0.2) is 5.78 Å². The van der Waals surface area contributed by atoms with Crippen LogP contribution in [-0.4, -0.2) is 20.3 Å². The van der Waals surface area contributed by atoms with Gasteiger partial charge in [0, 0.05) is 22.7 Å². The zero-order valence-corrected chi connectivity index (χ0v) is 20.2. The molecule has 178 valence electrons. The summed E-state index contributed by atoms with van der Waals surface area (Å²) >= 11 is 0. The summed E-state index contributed by atoms with van der Waals surface area (Å²) in [5.41, 5.74) is 2.76. The lowest BCUT2D eigenvalue weighted by Gasteiger charge is -2.27. The predicted molar refractivity (Wildman–Crippen MR) is 132 cm³/mol. The van der Waals surface area contributed by atoms with E-state index in [4.69, 9.17) is 18.2 Å². The molecule has 0 bridgehead atoms. The van der Waals surface area contributed by atoms with Crippen molar-refractivity contribution in [1.29, 1.82) is 0 Å². The number of halogens is 1. The Hall–Kier alpha value is -3.12. The van der Waals surface area contributed by atoms with Gasteiger partial charge in [-0.1, -0.05) is 30.3 Å². The minimum atomic E-state index is -3.78. The molecule has 6 nitrogen and oxygen atoms in total. The first-order chi connectivity index (χ1) is 16.5. The second-order valence-electron chi connectivity index (χ2n) is 7.50. The van der Waals surface area contributed by atoms with Crippen LogP contribution in [0.3, 0.4) is 0 Å². The van der Waals surface area contributed by atoms with Gasteiger partial charge in [-0.2, -0.15) is 0 Å². The van der Waals surface area contributed by atoms with Crippen LogP contribution in [0.25, 0.3) is 22.1 Å². The van der Waals surface area contributed by atoms with Crippen LogP contribution in [0.4, 0.5) is 10.1 Å². The number of ether oxygens (including phenoxy) is 1. The molecule has 1 atom stereocenters. The Morgan fingerprint density at radius 1 is 0.971 bits per heavy atom. The van der Waals surface area contributed by atoms with E-state index in [1.54, 1.807) is 39.2 Å². The van der Waals surface area contributed by atoms with Crippen LogP contribution in [0.15, 0.2) is 77.2 Å². The number of nitrogens with one attached hydrogen (secondary N) is 1. The minimum absolute atomic E-state index is 0.174. The van der Waals surface area contributed by atoms with Gasteiger partial charge in [0.1, 0.15) is 22.9 Å². The summed E-state index contributed by atoms with van der Waals surface area (Å²) in [4.78, 5) is 0. The number of hydrogen-bond acceptors (Lipinski definition) is 6. The number of fused-ring (bicyclic) bond motifs is 1.